The molecule has 1 heterocycles. The quantitative estimate of drug-likeness (QED) is 0.412. The second-order valence-electron chi connectivity index (χ2n) is 7.84. The molecule has 0 radical (unpaired) electrons. The summed E-state index contributed by atoms with van der Waals surface area (Å²) in [5.41, 5.74) is 8.40. The van der Waals surface area contributed by atoms with E-state index >= 15 is 0 Å². The van der Waals surface area contributed by atoms with Crippen LogP contribution < -0.4 is 15.4 Å². The number of benzene rings is 3. The third kappa shape index (κ3) is 5.07. The summed E-state index contributed by atoms with van der Waals surface area (Å²) in [4.78, 5) is 24.1. The van der Waals surface area contributed by atoms with Crippen molar-refractivity contribution in [2.75, 3.05) is 16.7 Å². The van der Waals surface area contributed by atoms with E-state index < -0.39 is 15.9 Å². The monoisotopic (exact) mass is 489 g/mol. The van der Waals surface area contributed by atoms with Gasteiger partial charge in [0.05, 0.1) is 16.3 Å². The first-order chi connectivity index (χ1) is 16.6. The topological polar surface area (TPSA) is 127 Å². The van der Waals surface area contributed by atoms with Gasteiger partial charge in [0.1, 0.15) is 5.69 Å². The zero-order valence-corrected chi connectivity index (χ0v) is 19.9. The van der Waals surface area contributed by atoms with Crippen LogP contribution >= 0.6 is 0 Å². The van der Waals surface area contributed by atoms with Crippen LogP contribution in [0.3, 0.4) is 0 Å². The van der Waals surface area contributed by atoms with Crippen molar-refractivity contribution >= 4 is 33.2 Å². The van der Waals surface area contributed by atoms with Crippen molar-refractivity contribution in [2.24, 2.45) is 5.73 Å². The number of amides is 2. The fourth-order valence-electron chi connectivity index (χ4n) is 3.33. The highest BCUT2D eigenvalue weighted by atomic mass is 32.2. The Hall–Kier alpha value is -4.44. The summed E-state index contributed by atoms with van der Waals surface area (Å²) in [6, 6.07) is 21.3. The maximum atomic E-state index is 12.9. The van der Waals surface area contributed by atoms with E-state index in [9.17, 15) is 18.0 Å². The molecule has 3 N–H and O–H groups in total. The average molecular weight is 490 g/mol. The molecule has 9 nitrogen and oxygen atoms in total. The summed E-state index contributed by atoms with van der Waals surface area (Å²) in [6.07, 6.45) is 1.62. The molecular weight excluding hydrogens is 466 g/mol. The Morgan fingerprint density at radius 1 is 0.914 bits per heavy atom. The van der Waals surface area contributed by atoms with E-state index in [2.05, 4.69) is 10.4 Å². The molecule has 0 aliphatic rings. The van der Waals surface area contributed by atoms with Crippen LogP contribution in [-0.2, 0) is 10.0 Å². The van der Waals surface area contributed by atoms with Gasteiger partial charge in [-0.2, -0.15) is 5.10 Å². The molecule has 0 aliphatic carbocycles. The number of carbonyl (C=O) groups excluding carboxylic acids is 2. The molecule has 178 valence electrons. The molecule has 10 heteroatoms. The molecule has 0 saturated carbocycles. The first-order valence-electron chi connectivity index (χ1n) is 10.6. The Balaban J connectivity index is 1.44. The van der Waals surface area contributed by atoms with Crippen LogP contribution in [0.25, 0.3) is 5.69 Å². The normalized spacial score (nSPS) is 11.1. The molecular formula is C25H23N5O4S. The van der Waals surface area contributed by atoms with Gasteiger partial charge in [-0.05, 0) is 73.7 Å². The minimum absolute atomic E-state index is 0.156. The van der Waals surface area contributed by atoms with Gasteiger partial charge in [0.2, 0.25) is 0 Å². The molecule has 3 aromatic carbocycles. The van der Waals surface area contributed by atoms with Crippen LogP contribution in [0.4, 0.5) is 11.4 Å². The van der Waals surface area contributed by atoms with Crippen molar-refractivity contribution < 1.29 is 18.0 Å². The van der Waals surface area contributed by atoms with Crippen molar-refractivity contribution in [3.8, 4) is 5.69 Å². The summed E-state index contributed by atoms with van der Waals surface area (Å²) in [5.74, 6) is -0.957. The van der Waals surface area contributed by atoms with E-state index in [4.69, 9.17) is 5.73 Å². The van der Waals surface area contributed by atoms with E-state index in [-0.39, 0.29) is 16.5 Å². The molecule has 35 heavy (non-hydrogen) atoms. The van der Waals surface area contributed by atoms with Crippen molar-refractivity contribution in [3.63, 3.8) is 0 Å². The Bertz CT molecular complexity index is 1480. The van der Waals surface area contributed by atoms with E-state index in [0.717, 1.165) is 5.56 Å². The number of nitrogens with zero attached hydrogens (tertiary/aromatic N) is 3. The molecule has 0 aliphatic heterocycles. The highest BCUT2D eigenvalue weighted by molar-refractivity contribution is 7.92. The zero-order valence-electron chi connectivity index (χ0n) is 19.0. The smallest absolute Gasteiger partial charge is 0.269 e. The van der Waals surface area contributed by atoms with Gasteiger partial charge in [-0.1, -0.05) is 17.7 Å². The number of aryl methyl sites for hydroxylation is 1. The van der Waals surface area contributed by atoms with Crippen molar-refractivity contribution in [1.82, 2.24) is 9.78 Å². The first-order valence-corrected chi connectivity index (χ1v) is 12.0. The van der Waals surface area contributed by atoms with Gasteiger partial charge >= 0.3 is 0 Å². The number of anilines is 2. The lowest BCUT2D eigenvalue weighted by molar-refractivity contribution is 0.0993. The minimum Gasteiger partial charge on any atom is -0.364 e. The molecule has 0 saturated heterocycles. The zero-order chi connectivity index (χ0) is 25.2. The number of nitrogens with two attached hydrogens (primary N) is 1. The fourth-order valence-corrected chi connectivity index (χ4v) is 4.53. The van der Waals surface area contributed by atoms with Gasteiger partial charge in [0, 0.05) is 24.5 Å². The summed E-state index contributed by atoms with van der Waals surface area (Å²) in [5, 5.41) is 6.88. The number of nitrogens with one attached hydrogen (secondary N) is 1. The Kier molecular flexibility index (Phi) is 6.39. The lowest BCUT2D eigenvalue weighted by atomic mass is 10.2. The molecule has 2 amide bonds. The molecule has 4 rings (SSSR count). The number of sulfonamides is 1. The third-order valence-corrected chi connectivity index (χ3v) is 7.20. The van der Waals surface area contributed by atoms with E-state index in [1.165, 1.54) is 22.1 Å². The van der Waals surface area contributed by atoms with Gasteiger partial charge in [0.25, 0.3) is 21.8 Å². The number of primary amides is 1. The second-order valence-corrected chi connectivity index (χ2v) is 9.81. The Morgan fingerprint density at radius 2 is 1.54 bits per heavy atom. The summed E-state index contributed by atoms with van der Waals surface area (Å²) in [6.45, 7) is 1.89. The van der Waals surface area contributed by atoms with Crippen LogP contribution in [0.5, 0.6) is 0 Å². The highest BCUT2D eigenvalue weighted by Crippen LogP contribution is 2.23. The predicted molar refractivity (Wildman–Crippen MR) is 133 cm³/mol. The third-order valence-electron chi connectivity index (χ3n) is 5.40. The van der Waals surface area contributed by atoms with Crippen LogP contribution in [0.2, 0.25) is 0 Å². The maximum absolute atomic E-state index is 12.9. The van der Waals surface area contributed by atoms with Crippen molar-refractivity contribution in [2.45, 2.75) is 11.8 Å². The van der Waals surface area contributed by atoms with Gasteiger partial charge in [0.15, 0.2) is 0 Å². The van der Waals surface area contributed by atoms with E-state index in [1.54, 1.807) is 79.0 Å². The average Bonchev–Trinajstić information content (AvgIpc) is 3.35. The molecule has 0 unspecified atom stereocenters. The number of rotatable bonds is 7. The molecule has 4 aromatic rings. The SMILES string of the molecule is Cc1ccc(S(=O)(=O)N(C)c2ccc(C(=O)Nc3ccc(-n4ccc(C(N)=O)n4)cc3)cc2)cc1. The summed E-state index contributed by atoms with van der Waals surface area (Å²) >= 11 is 0. The van der Waals surface area contributed by atoms with Crippen molar-refractivity contribution in [1.29, 1.82) is 0 Å². The van der Waals surface area contributed by atoms with E-state index in [1.807, 2.05) is 6.92 Å². The largest absolute Gasteiger partial charge is 0.364 e. The first kappa shape index (κ1) is 23.7. The van der Waals surface area contributed by atoms with Crippen LogP contribution in [0.15, 0.2) is 90.0 Å². The second kappa shape index (κ2) is 9.43. The van der Waals surface area contributed by atoms with Gasteiger partial charge in [-0.15, -0.1) is 0 Å². The maximum Gasteiger partial charge on any atom is 0.269 e. The Morgan fingerprint density at radius 3 is 2.11 bits per heavy atom. The van der Waals surface area contributed by atoms with Crippen LogP contribution in [0.1, 0.15) is 26.4 Å². The van der Waals surface area contributed by atoms with Gasteiger partial charge < -0.3 is 11.1 Å². The number of aromatic nitrogens is 2. The molecule has 0 atom stereocenters. The standard InChI is InChI=1S/C25H23N5O4S/c1-17-3-13-22(14-4-17)35(33,34)29(2)20-9-5-18(6-10-20)25(32)27-19-7-11-21(12-8-19)30-16-15-23(28-30)24(26)31/h3-16H,1-2H3,(H2,26,31)(H,27,32). The fraction of sp³-hybridized carbons (Fsp3) is 0.0800. The van der Waals surface area contributed by atoms with Crippen molar-refractivity contribution in [3.05, 3.63) is 102 Å². The molecule has 0 bridgehead atoms. The molecule has 0 fully saturated rings. The highest BCUT2D eigenvalue weighted by Gasteiger charge is 2.21. The van der Waals surface area contributed by atoms with Gasteiger partial charge in [-0.3, -0.25) is 13.9 Å². The lowest BCUT2D eigenvalue weighted by Crippen LogP contribution is -2.26. The number of carbonyl (C=O) groups is 2. The van der Waals surface area contributed by atoms with E-state index in [0.29, 0.717) is 22.6 Å². The number of hydrogen-bond donors (Lipinski definition) is 2. The minimum atomic E-state index is -3.72. The molecule has 0 spiro atoms. The molecule has 1 aromatic heterocycles. The van der Waals surface area contributed by atoms with Crippen LogP contribution in [-0.4, -0.2) is 37.1 Å². The number of hydrogen-bond acceptors (Lipinski definition) is 5. The van der Waals surface area contributed by atoms with Crippen LogP contribution in [0, 0.1) is 6.92 Å². The van der Waals surface area contributed by atoms with Gasteiger partial charge in [-0.25, -0.2) is 13.1 Å². The lowest BCUT2D eigenvalue weighted by Gasteiger charge is -2.20. The predicted octanol–water partition coefficient (Wildman–Crippen LogP) is 3.36. The summed E-state index contributed by atoms with van der Waals surface area (Å²) in [7, 11) is -2.25. The Labute approximate surface area is 202 Å². The summed E-state index contributed by atoms with van der Waals surface area (Å²) < 4.78 is 28.5.